The topological polar surface area (TPSA) is 67.6 Å². The van der Waals surface area contributed by atoms with Gasteiger partial charge in [-0.25, -0.2) is 0 Å². The number of benzene rings is 1. The molecule has 26 heavy (non-hydrogen) atoms. The number of carbonyl (C=O) groups is 1. The Bertz CT molecular complexity index is 712. The number of likely N-dealkylation sites (tertiary alicyclic amines) is 1. The number of nitrogens with zero attached hydrogens (tertiary/aromatic N) is 2. The molecule has 0 spiro atoms. The molecule has 1 aromatic carbocycles. The maximum Gasteiger partial charge on any atom is 0.258 e. The van der Waals surface area contributed by atoms with Crippen LogP contribution in [0.25, 0.3) is 0 Å². The van der Waals surface area contributed by atoms with Crippen molar-refractivity contribution in [1.29, 1.82) is 0 Å². The van der Waals surface area contributed by atoms with Crippen LogP contribution >= 0.6 is 0 Å². The van der Waals surface area contributed by atoms with E-state index >= 15 is 0 Å². The third-order valence-corrected chi connectivity index (χ3v) is 4.91. The molecular weight excluding hydrogens is 330 g/mol. The van der Waals surface area contributed by atoms with Gasteiger partial charge in [0.05, 0.1) is 5.69 Å². The Kier molecular flexibility index (Phi) is 5.93. The largest absolute Gasteiger partial charge is 0.484 e. The van der Waals surface area contributed by atoms with Gasteiger partial charge in [-0.3, -0.25) is 9.69 Å². The summed E-state index contributed by atoms with van der Waals surface area (Å²) in [6.45, 7) is 8.78. The molecule has 1 aliphatic heterocycles. The molecule has 1 aromatic heterocycles. The summed E-state index contributed by atoms with van der Waals surface area (Å²) in [6.07, 6.45) is 1.89. The van der Waals surface area contributed by atoms with E-state index in [0.29, 0.717) is 0 Å². The number of aryl methyl sites for hydroxylation is 3. The van der Waals surface area contributed by atoms with Crippen LogP contribution in [0.5, 0.6) is 5.75 Å². The van der Waals surface area contributed by atoms with Crippen LogP contribution in [0.3, 0.4) is 0 Å². The highest BCUT2D eigenvalue weighted by molar-refractivity contribution is 5.77. The molecule has 140 valence electrons. The average molecular weight is 357 g/mol. The van der Waals surface area contributed by atoms with Gasteiger partial charge in [0.15, 0.2) is 6.61 Å². The summed E-state index contributed by atoms with van der Waals surface area (Å²) >= 11 is 0. The first-order chi connectivity index (χ1) is 12.5. The van der Waals surface area contributed by atoms with Crippen LogP contribution in [0, 0.1) is 20.8 Å². The van der Waals surface area contributed by atoms with Crippen molar-refractivity contribution in [1.82, 2.24) is 15.4 Å². The normalized spacial score (nSPS) is 15.8. The fourth-order valence-electron chi connectivity index (χ4n) is 3.24. The fourth-order valence-corrected chi connectivity index (χ4v) is 3.24. The van der Waals surface area contributed by atoms with E-state index in [9.17, 15) is 4.79 Å². The lowest BCUT2D eigenvalue weighted by Gasteiger charge is -2.32. The first-order valence-corrected chi connectivity index (χ1v) is 9.14. The molecule has 0 saturated carbocycles. The second kappa shape index (κ2) is 8.36. The Labute approximate surface area is 154 Å². The van der Waals surface area contributed by atoms with Crippen LogP contribution in [-0.4, -0.2) is 41.7 Å². The lowest BCUT2D eigenvalue weighted by Crippen LogP contribution is -2.45. The number of rotatable bonds is 6. The summed E-state index contributed by atoms with van der Waals surface area (Å²) in [4.78, 5) is 14.5. The van der Waals surface area contributed by atoms with Crippen LogP contribution in [0.4, 0.5) is 0 Å². The van der Waals surface area contributed by atoms with Crippen molar-refractivity contribution in [3.8, 4) is 5.75 Å². The highest BCUT2D eigenvalue weighted by Crippen LogP contribution is 2.18. The molecule has 0 aliphatic carbocycles. The van der Waals surface area contributed by atoms with Crippen LogP contribution < -0.4 is 10.1 Å². The summed E-state index contributed by atoms with van der Waals surface area (Å²) in [5.74, 6) is 1.56. The number of piperidine rings is 1. The molecule has 1 N–H and O–H groups in total. The molecule has 0 atom stereocenters. The van der Waals surface area contributed by atoms with Crippen LogP contribution in [-0.2, 0) is 11.3 Å². The Morgan fingerprint density at radius 1 is 1.23 bits per heavy atom. The summed E-state index contributed by atoms with van der Waals surface area (Å²) in [7, 11) is 0. The maximum absolute atomic E-state index is 12.1. The minimum atomic E-state index is -0.0604. The molecule has 6 heteroatoms. The molecule has 3 rings (SSSR count). The van der Waals surface area contributed by atoms with Crippen LogP contribution in [0.15, 0.2) is 28.8 Å². The first kappa shape index (κ1) is 18.5. The van der Waals surface area contributed by atoms with Crippen molar-refractivity contribution in [3.63, 3.8) is 0 Å². The maximum atomic E-state index is 12.1. The lowest BCUT2D eigenvalue weighted by atomic mass is 10.0. The van der Waals surface area contributed by atoms with Crippen molar-refractivity contribution < 1.29 is 14.1 Å². The number of aromatic nitrogens is 1. The van der Waals surface area contributed by atoms with Gasteiger partial charge in [-0.05, 0) is 45.7 Å². The molecule has 1 aliphatic rings. The van der Waals surface area contributed by atoms with Gasteiger partial charge in [0.1, 0.15) is 11.5 Å². The monoisotopic (exact) mass is 357 g/mol. The van der Waals surface area contributed by atoms with E-state index in [4.69, 9.17) is 9.26 Å². The number of hydrogen-bond acceptors (Lipinski definition) is 5. The van der Waals surface area contributed by atoms with Gasteiger partial charge in [0.25, 0.3) is 5.91 Å². The molecule has 1 saturated heterocycles. The van der Waals surface area contributed by atoms with Crippen molar-refractivity contribution >= 4 is 5.91 Å². The minimum Gasteiger partial charge on any atom is -0.484 e. The van der Waals surface area contributed by atoms with Crippen molar-refractivity contribution in [2.75, 3.05) is 19.7 Å². The summed E-state index contributed by atoms with van der Waals surface area (Å²) in [5.41, 5.74) is 3.32. The first-order valence-electron chi connectivity index (χ1n) is 9.14. The summed E-state index contributed by atoms with van der Waals surface area (Å²) in [5, 5.41) is 7.09. The van der Waals surface area contributed by atoms with Crippen LogP contribution in [0.2, 0.25) is 0 Å². The molecule has 1 fully saturated rings. The van der Waals surface area contributed by atoms with Gasteiger partial charge < -0.3 is 14.6 Å². The third kappa shape index (κ3) is 4.85. The highest BCUT2D eigenvalue weighted by Gasteiger charge is 2.22. The van der Waals surface area contributed by atoms with E-state index in [2.05, 4.69) is 15.4 Å². The van der Waals surface area contributed by atoms with Gasteiger partial charge in [-0.1, -0.05) is 22.9 Å². The van der Waals surface area contributed by atoms with E-state index in [1.54, 1.807) is 0 Å². The average Bonchev–Trinajstić information content (AvgIpc) is 2.95. The molecular formula is C20H27N3O3. The third-order valence-electron chi connectivity index (χ3n) is 4.91. The predicted octanol–water partition coefficient (Wildman–Crippen LogP) is 2.76. The fraction of sp³-hybridized carbons (Fsp3) is 0.500. The molecule has 2 heterocycles. The van der Waals surface area contributed by atoms with E-state index in [-0.39, 0.29) is 18.6 Å². The van der Waals surface area contributed by atoms with Gasteiger partial charge in [0, 0.05) is 31.2 Å². The van der Waals surface area contributed by atoms with E-state index in [1.165, 1.54) is 11.1 Å². The SMILES string of the molecule is Cc1ccc(OCC(=O)NC2CCN(Cc3c(C)noc3C)CC2)cc1. The van der Waals surface area contributed by atoms with E-state index < -0.39 is 0 Å². The zero-order chi connectivity index (χ0) is 18.5. The lowest BCUT2D eigenvalue weighted by molar-refractivity contribution is -0.124. The Hall–Kier alpha value is -2.34. The highest BCUT2D eigenvalue weighted by atomic mass is 16.5. The van der Waals surface area contributed by atoms with Crippen molar-refractivity contribution in [3.05, 3.63) is 46.8 Å². The molecule has 0 unspecified atom stereocenters. The summed E-state index contributed by atoms with van der Waals surface area (Å²) < 4.78 is 10.8. The second-order valence-electron chi connectivity index (χ2n) is 7.02. The number of amides is 1. The zero-order valence-corrected chi connectivity index (χ0v) is 15.7. The molecule has 2 aromatic rings. The summed E-state index contributed by atoms with van der Waals surface area (Å²) in [6, 6.07) is 7.93. The Morgan fingerprint density at radius 3 is 2.54 bits per heavy atom. The number of ether oxygens (including phenoxy) is 1. The number of carbonyl (C=O) groups excluding carboxylic acids is 1. The molecule has 6 nitrogen and oxygen atoms in total. The molecule has 0 radical (unpaired) electrons. The molecule has 1 amide bonds. The van der Waals surface area contributed by atoms with Gasteiger partial charge in [-0.15, -0.1) is 0 Å². The Balaban J connectivity index is 1.39. The standard InChI is InChI=1S/C20H27N3O3/c1-14-4-6-18(7-5-14)25-13-20(24)21-17-8-10-23(11-9-17)12-19-15(2)22-26-16(19)3/h4-7,17H,8-13H2,1-3H3,(H,21,24). The second-order valence-corrected chi connectivity index (χ2v) is 7.02. The van der Waals surface area contributed by atoms with Gasteiger partial charge in [0.2, 0.25) is 0 Å². The smallest absolute Gasteiger partial charge is 0.258 e. The van der Waals surface area contributed by atoms with Gasteiger partial charge >= 0.3 is 0 Å². The Morgan fingerprint density at radius 2 is 1.92 bits per heavy atom. The zero-order valence-electron chi connectivity index (χ0n) is 15.7. The predicted molar refractivity (Wildman–Crippen MR) is 99.1 cm³/mol. The number of hydrogen-bond donors (Lipinski definition) is 1. The van der Waals surface area contributed by atoms with E-state index in [0.717, 1.165) is 49.7 Å². The van der Waals surface area contributed by atoms with E-state index in [1.807, 2.05) is 45.0 Å². The van der Waals surface area contributed by atoms with Crippen molar-refractivity contribution in [2.24, 2.45) is 0 Å². The van der Waals surface area contributed by atoms with Gasteiger partial charge in [-0.2, -0.15) is 0 Å². The molecule has 0 bridgehead atoms. The number of nitrogens with one attached hydrogen (secondary N) is 1. The quantitative estimate of drug-likeness (QED) is 0.861. The minimum absolute atomic E-state index is 0.0579. The van der Waals surface area contributed by atoms with Crippen molar-refractivity contribution in [2.45, 2.75) is 46.2 Å². The van der Waals surface area contributed by atoms with Crippen LogP contribution in [0.1, 0.15) is 35.4 Å².